The van der Waals surface area contributed by atoms with Gasteiger partial charge in [-0.1, -0.05) is 180 Å². The number of aliphatic hydroxyl groups excluding tert-OH is 4. The molecule has 0 aliphatic heterocycles. The Morgan fingerprint density at radius 2 is 0.870 bits per heavy atom. The minimum Gasteiger partial charge on any atom is -0.394 e. The molecule has 0 aliphatic rings. The van der Waals surface area contributed by atoms with Gasteiger partial charge in [-0.15, -0.1) is 0 Å². The van der Waals surface area contributed by atoms with E-state index in [2.05, 4.69) is 31.3 Å². The van der Waals surface area contributed by atoms with Crippen molar-refractivity contribution in [2.45, 2.75) is 231 Å². The zero-order valence-corrected chi connectivity index (χ0v) is 30.6. The van der Waals surface area contributed by atoms with E-state index in [0.29, 0.717) is 12.8 Å². The number of amides is 1. The summed E-state index contributed by atoms with van der Waals surface area (Å²) in [6, 6.07) is -0.982. The Morgan fingerprint density at radius 1 is 0.522 bits per heavy atom. The molecular formula is C40H79NO5. The zero-order valence-electron chi connectivity index (χ0n) is 30.6. The molecule has 0 aliphatic carbocycles. The van der Waals surface area contributed by atoms with E-state index in [9.17, 15) is 25.2 Å². The number of hydrogen-bond acceptors (Lipinski definition) is 5. The predicted molar refractivity (Wildman–Crippen MR) is 196 cm³/mol. The first-order valence-electron chi connectivity index (χ1n) is 20.1. The van der Waals surface area contributed by atoms with Crippen molar-refractivity contribution >= 4 is 5.91 Å². The summed E-state index contributed by atoms with van der Waals surface area (Å²) < 4.78 is 0. The van der Waals surface area contributed by atoms with Crippen LogP contribution in [-0.2, 0) is 4.79 Å². The van der Waals surface area contributed by atoms with E-state index >= 15 is 0 Å². The summed E-state index contributed by atoms with van der Waals surface area (Å²) in [6.45, 7) is 4.01. The van der Waals surface area contributed by atoms with Gasteiger partial charge >= 0.3 is 0 Å². The summed E-state index contributed by atoms with van der Waals surface area (Å²) in [5.41, 5.74) is 0. The van der Waals surface area contributed by atoms with Crippen LogP contribution in [0.3, 0.4) is 0 Å². The number of unbranched alkanes of at least 4 members (excludes halogenated alkanes) is 25. The highest BCUT2D eigenvalue weighted by Crippen LogP contribution is 2.16. The minimum atomic E-state index is -1.26. The lowest BCUT2D eigenvalue weighted by Crippen LogP contribution is -2.53. The second kappa shape index (κ2) is 35.4. The van der Waals surface area contributed by atoms with Crippen molar-refractivity contribution in [2.75, 3.05) is 6.61 Å². The highest BCUT2D eigenvalue weighted by atomic mass is 16.3. The molecule has 0 heterocycles. The first kappa shape index (κ1) is 45.0. The average molecular weight is 654 g/mol. The molecule has 1 amide bonds. The molecule has 0 aromatic carbocycles. The fraction of sp³-hybridized carbons (Fsp3) is 0.925. The molecule has 274 valence electrons. The Morgan fingerprint density at radius 3 is 1.26 bits per heavy atom. The Kier molecular flexibility index (Phi) is 34.6. The molecule has 6 nitrogen and oxygen atoms in total. The summed E-state index contributed by atoms with van der Waals surface area (Å²) >= 11 is 0. The van der Waals surface area contributed by atoms with Crippen molar-refractivity contribution < 1.29 is 25.2 Å². The summed E-state index contributed by atoms with van der Waals surface area (Å²) in [7, 11) is 0. The number of nitrogens with one attached hydrogen (secondary N) is 1. The first-order valence-corrected chi connectivity index (χ1v) is 20.1. The van der Waals surface area contributed by atoms with Gasteiger partial charge in [-0.2, -0.15) is 0 Å². The maximum Gasteiger partial charge on any atom is 0.249 e. The third kappa shape index (κ3) is 29.2. The molecule has 0 aromatic rings. The second-order valence-corrected chi connectivity index (χ2v) is 14.0. The van der Waals surface area contributed by atoms with Gasteiger partial charge in [-0.25, -0.2) is 0 Å². The lowest BCUT2D eigenvalue weighted by atomic mass is 9.99. The van der Waals surface area contributed by atoms with Crippen molar-refractivity contribution in [2.24, 2.45) is 0 Å². The van der Waals surface area contributed by atoms with Crippen LogP contribution in [0, 0.1) is 0 Å². The Balaban J connectivity index is 3.72. The summed E-state index contributed by atoms with van der Waals surface area (Å²) in [5, 5.41) is 43.4. The van der Waals surface area contributed by atoms with Crippen molar-refractivity contribution in [1.29, 1.82) is 0 Å². The first-order chi connectivity index (χ1) is 22.5. The molecule has 0 spiro atoms. The van der Waals surface area contributed by atoms with E-state index < -0.39 is 36.9 Å². The van der Waals surface area contributed by atoms with E-state index in [1.54, 1.807) is 0 Å². The molecule has 0 rings (SSSR count). The van der Waals surface area contributed by atoms with Gasteiger partial charge in [0.1, 0.15) is 12.2 Å². The van der Waals surface area contributed by atoms with Crippen LogP contribution in [0.15, 0.2) is 12.2 Å². The number of carbonyl (C=O) groups is 1. The average Bonchev–Trinajstić information content (AvgIpc) is 3.06. The smallest absolute Gasteiger partial charge is 0.249 e. The van der Waals surface area contributed by atoms with Crippen molar-refractivity contribution in [3.05, 3.63) is 12.2 Å². The summed E-state index contributed by atoms with van der Waals surface area (Å²) in [6.07, 6.45) is 36.7. The van der Waals surface area contributed by atoms with Gasteiger partial charge in [-0.05, 0) is 38.5 Å². The van der Waals surface area contributed by atoms with Gasteiger partial charge in [0, 0.05) is 0 Å². The molecule has 0 saturated carbocycles. The van der Waals surface area contributed by atoms with Crippen LogP contribution < -0.4 is 5.32 Å². The molecule has 4 unspecified atom stereocenters. The van der Waals surface area contributed by atoms with E-state index in [1.165, 1.54) is 135 Å². The summed E-state index contributed by atoms with van der Waals surface area (Å²) in [5.74, 6) is -0.590. The SMILES string of the molecule is CCCCCCCCCCCCC/C=C\CCCCCCCCC(O)C(=O)NC(CO)C(O)C(O)CCCCCCCCCCC. The number of aliphatic hydroxyl groups is 4. The Hall–Kier alpha value is -0.950. The monoisotopic (exact) mass is 654 g/mol. The van der Waals surface area contributed by atoms with Crippen LogP contribution in [0.4, 0.5) is 0 Å². The van der Waals surface area contributed by atoms with Crippen molar-refractivity contribution in [3.63, 3.8) is 0 Å². The summed E-state index contributed by atoms with van der Waals surface area (Å²) in [4.78, 5) is 12.4. The molecule has 6 heteroatoms. The predicted octanol–water partition coefficient (Wildman–Crippen LogP) is 9.85. The minimum absolute atomic E-state index is 0.364. The maximum atomic E-state index is 12.4. The molecular weight excluding hydrogens is 574 g/mol. The molecule has 0 fully saturated rings. The standard InChI is InChI=1S/C40H79NO5/c1-3-5-7-9-11-13-14-15-16-17-18-19-20-21-22-23-24-26-28-30-32-34-38(44)40(46)41-36(35-42)39(45)37(43)33-31-29-27-25-12-10-8-6-4-2/h20-21,36-39,42-45H,3-19,22-35H2,1-2H3,(H,41,46)/b21-20-. The fourth-order valence-corrected chi connectivity index (χ4v) is 6.22. The van der Waals surface area contributed by atoms with Crippen LogP contribution >= 0.6 is 0 Å². The molecule has 46 heavy (non-hydrogen) atoms. The second-order valence-electron chi connectivity index (χ2n) is 14.0. The molecule has 0 bridgehead atoms. The van der Waals surface area contributed by atoms with Crippen molar-refractivity contribution in [1.82, 2.24) is 5.32 Å². The number of carbonyl (C=O) groups excluding carboxylic acids is 1. The lowest BCUT2D eigenvalue weighted by molar-refractivity contribution is -0.132. The van der Waals surface area contributed by atoms with E-state index in [4.69, 9.17) is 0 Å². The number of rotatable bonds is 36. The molecule has 0 aromatic heterocycles. The van der Waals surface area contributed by atoms with Crippen LogP contribution in [-0.4, -0.2) is 57.3 Å². The van der Waals surface area contributed by atoms with Crippen LogP contribution in [0.25, 0.3) is 0 Å². The van der Waals surface area contributed by atoms with Gasteiger partial charge in [0.2, 0.25) is 5.91 Å². The topological polar surface area (TPSA) is 110 Å². The molecule has 5 N–H and O–H groups in total. The molecule has 4 atom stereocenters. The van der Waals surface area contributed by atoms with Crippen LogP contribution in [0.2, 0.25) is 0 Å². The highest BCUT2D eigenvalue weighted by molar-refractivity contribution is 5.80. The van der Waals surface area contributed by atoms with Gasteiger partial charge < -0.3 is 25.7 Å². The lowest BCUT2D eigenvalue weighted by Gasteiger charge is -2.27. The van der Waals surface area contributed by atoms with Crippen LogP contribution in [0.5, 0.6) is 0 Å². The number of hydrogen-bond donors (Lipinski definition) is 5. The van der Waals surface area contributed by atoms with Gasteiger partial charge in [0.25, 0.3) is 0 Å². The van der Waals surface area contributed by atoms with Crippen LogP contribution in [0.1, 0.15) is 206 Å². The number of allylic oxidation sites excluding steroid dienone is 2. The van der Waals surface area contributed by atoms with Gasteiger partial charge in [-0.3, -0.25) is 4.79 Å². The van der Waals surface area contributed by atoms with Crippen molar-refractivity contribution in [3.8, 4) is 0 Å². The Labute approximate surface area is 285 Å². The van der Waals surface area contributed by atoms with E-state index in [0.717, 1.165) is 44.9 Å². The zero-order chi connectivity index (χ0) is 33.9. The normalized spacial score (nSPS) is 14.5. The highest BCUT2D eigenvalue weighted by Gasteiger charge is 2.28. The largest absolute Gasteiger partial charge is 0.394 e. The van der Waals surface area contributed by atoms with Gasteiger partial charge in [0.05, 0.1) is 18.8 Å². The fourth-order valence-electron chi connectivity index (χ4n) is 6.22. The third-order valence-corrected chi connectivity index (χ3v) is 9.48. The van der Waals surface area contributed by atoms with E-state index in [1.807, 2.05) is 0 Å². The molecule has 0 saturated heterocycles. The van der Waals surface area contributed by atoms with Gasteiger partial charge in [0.15, 0.2) is 0 Å². The molecule has 0 radical (unpaired) electrons. The third-order valence-electron chi connectivity index (χ3n) is 9.48. The Bertz CT molecular complexity index is 658. The quantitative estimate of drug-likeness (QED) is 0.0342. The maximum absolute atomic E-state index is 12.4. The van der Waals surface area contributed by atoms with E-state index in [-0.39, 0.29) is 0 Å².